The summed E-state index contributed by atoms with van der Waals surface area (Å²) in [5, 5.41) is 14.1. The first-order valence-electron chi connectivity index (χ1n) is 15.7. The highest BCUT2D eigenvalue weighted by Gasteiger charge is 2.15. The molecule has 0 radical (unpaired) electrons. The van der Waals surface area contributed by atoms with Crippen molar-refractivity contribution in [3.63, 3.8) is 0 Å². The van der Waals surface area contributed by atoms with Crippen LogP contribution in [0.4, 0.5) is 0 Å². The maximum Gasteiger partial charge on any atom is 0.251 e. The molecule has 11 heteroatoms. The van der Waals surface area contributed by atoms with Gasteiger partial charge in [0.15, 0.2) is 0 Å². The van der Waals surface area contributed by atoms with Crippen molar-refractivity contribution >= 4 is 27.7 Å². The summed E-state index contributed by atoms with van der Waals surface area (Å²) < 4.78 is 9.34. The number of morpholine rings is 1. The highest BCUT2D eigenvalue weighted by atomic mass is 16.5. The van der Waals surface area contributed by atoms with E-state index in [0.717, 1.165) is 83.4 Å². The molecule has 1 aliphatic heterocycles. The Kier molecular flexibility index (Phi) is 7.74. The Balaban J connectivity index is 0.886. The van der Waals surface area contributed by atoms with Gasteiger partial charge in [-0.3, -0.25) is 9.69 Å². The predicted octanol–water partition coefficient (Wildman–Crippen LogP) is 4.97. The highest BCUT2D eigenvalue weighted by molar-refractivity contribution is 5.98. The number of carbonyl (C=O) groups is 1. The zero-order valence-electron chi connectivity index (χ0n) is 25.7. The Morgan fingerprint density at radius 1 is 0.915 bits per heavy atom. The van der Waals surface area contributed by atoms with Crippen molar-refractivity contribution in [1.82, 2.24) is 44.7 Å². The van der Waals surface area contributed by atoms with Crippen LogP contribution in [0.1, 0.15) is 27.4 Å². The largest absolute Gasteiger partial charge is 0.379 e. The molecule has 3 aromatic heterocycles. The molecule has 8 rings (SSSR count). The smallest absolute Gasteiger partial charge is 0.251 e. The second kappa shape index (κ2) is 12.6. The lowest BCUT2D eigenvalue weighted by molar-refractivity contribution is 0.0326. The van der Waals surface area contributed by atoms with Crippen LogP contribution >= 0.6 is 0 Å². The first-order chi connectivity index (χ1) is 23.1. The number of amides is 1. The van der Waals surface area contributed by atoms with E-state index < -0.39 is 0 Å². The third kappa shape index (κ3) is 6.26. The van der Waals surface area contributed by atoms with Crippen LogP contribution in [-0.4, -0.2) is 71.6 Å². The summed E-state index contributed by atoms with van der Waals surface area (Å²) in [4.78, 5) is 28.1. The van der Waals surface area contributed by atoms with Crippen molar-refractivity contribution in [3.05, 3.63) is 126 Å². The highest BCUT2D eigenvalue weighted by Crippen LogP contribution is 2.25. The molecule has 0 unspecified atom stereocenters. The Bertz CT molecular complexity index is 2170. The predicted molar refractivity (Wildman–Crippen MR) is 179 cm³/mol. The number of nitrogens with zero attached hydrogens (tertiary/aromatic N) is 7. The van der Waals surface area contributed by atoms with Crippen molar-refractivity contribution in [3.8, 4) is 17.1 Å². The maximum atomic E-state index is 13.1. The summed E-state index contributed by atoms with van der Waals surface area (Å²) in [6.45, 7) is 5.13. The molecule has 11 nitrogen and oxygen atoms in total. The van der Waals surface area contributed by atoms with Gasteiger partial charge in [-0.25, -0.2) is 14.6 Å². The Hall–Kier alpha value is -5.65. The lowest BCUT2D eigenvalue weighted by Crippen LogP contribution is -2.36. The third-order valence-corrected chi connectivity index (χ3v) is 8.56. The van der Waals surface area contributed by atoms with E-state index in [9.17, 15) is 4.79 Å². The summed E-state index contributed by atoms with van der Waals surface area (Å²) in [6, 6.07) is 28.0. The van der Waals surface area contributed by atoms with Gasteiger partial charge < -0.3 is 19.6 Å². The molecule has 0 bridgehead atoms. The number of aromatic nitrogens is 7. The number of hydrogen-bond donors (Lipinski definition) is 2. The molecular weight excluding hydrogens is 590 g/mol. The van der Waals surface area contributed by atoms with E-state index >= 15 is 0 Å². The molecule has 4 heterocycles. The Morgan fingerprint density at radius 2 is 1.77 bits per heavy atom. The zero-order valence-corrected chi connectivity index (χ0v) is 25.7. The third-order valence-electron chi connectivity index (χ3n) is 8.56. The van der Waals surface area contributed by atoms with Crippen molar-refractivity contribution in [1.29, 1.82) is 0 Å². The number of aromatic amines is 1. The molecule has 1 saturated heterocycles. The summed E-state index contributed by atoms with van der Waals surface area (Å²) in [5.74, 6) is 1.63. The van der Waals surface area contributed by atoms with Crippen LogP contribution in [0.5, 0.6) is 0 Å². The number of carbonyl (C=O) groups excluding carboxylic acids is 1. The van der Waals surface area contributed by atoms with E-state index in [-0.39, 0.29) is 5.91 Å². The molecule has 0 aliphatic carbocycles. The van der Waals surface area contributed by atoms with Crippen LogP contribution in [0.2, 0.25) is 0 Å². The van der Waals surface area contributed by atoms with Crippen molar-refractivity contribution < 1.29 is 9.53 Å². The van der Waals surface area contributed by atoms with Crippen LogP contribution < -0.4 is 5.32 Å². The Labute approximate surface area is 270 Å². The van der Waals surface area contributed by atoms with Gasteiger partial charge in [-0.15, -0.1) is 5.10 Å². The number of fused-ring (bicyclic) bond motifs is 2. The number of nitrogens with one attached hydrogen (secondary N) is 2. The van der Waals surface area contributed by atoms with E-state index in [1.165, 1.54) is 5.39 Å². The average Bonchev–Trinajstić information content (AvgIpc) is 3.88. The Morgan fingerprint density at radius 3 is 2.64 bits per heavy atom. The van der Waals surface area contributed by atoms with E-state index in [1.807, 2.05) is 73.2 Å². The summed E-state index contributed by atoms with van der Waals surface area (Å²) in [5.41, 5.74) is 5.93. The standard InChI is InChI=1S/C36H33N9O2/c46-36(29-9-12-32-33(20-29)40-35(39-32)28-8-7-26-3-1-2-4-27(26)19-28)38-21-25-5-10-31(11-6-25)45-23-30(41-42-45)22-44-14-13-37-34(44)24-43-15-17-47-18-16-43/h1-14,19-20,23H,15-18,21-22,24H2,(H,38,46)(H,39,40). The van der Waals surface area contributed by atoms with Crippen LogP contribution in [0.15, 0.2) is 104 Å². The maximum absolute atomic E-state index is 13.1. The fourth-order valence-electron chi connectivity index (χ4n) is 5.94. The molecule has 234 valence electrons. The van der Waals surface area contributed by atoms with Crippen molar-refractivity contribution in [2.24, 2.45) is 0 Å². The van der Waals surface area contributed by atoms with Gasteiger partial charge in [0.2, 0.25) is 0 Å². The van der Waals surface area contributed by atoms with Gasteiger partial charge in [0.05, 0.1) is 49.2 Å². The molecule has 0 spiro atoms. The van der Waals surface area contributed by atoms with Gasteiger partial charge in [-0.2, -0.15) is 0 Å². The quantitative estimate of drug-likeness (QED) is 0.233. The topological polar surface area (TPSA) is 119 Å². The summed E-state index contributed by atoms with van der Waals surface area (Å²) in [6.07, 6.45) is 5.75. The normalized spacial score (nSPS) is 13.8. The summed E-state index contributed by atoms with van der Waals surface area (Å²) >= 11 is 0. The number of hydrogen-bond acceptors (Lipinski definition) is 7. The first-order valence-corrected chi connectivity index (χ1v) is 15.7. The van der Waals surface area contributed by atoms with Crippen LogP contribution in [0.25, 0.3) is 38.9 Å². The lowest BCUT2D eigenvalue weighted by atomic mass is 10.1. The van der Waals surface area contributed by atoms with Crippen molar-refractivity contribution in [2.75, 3.05) is 26.3 Å². The van der Waals surface area contributed by atoms with E-state index in [2.05, 4.69) is 65.4 Å². The van der Waals surface area contributed by atoms with Crippen LogP contribution in [0, 0.1) is 0 Å². The van der Waals surface area contributed by atoms with Crippen LogP contribution in [0.3, 0.4) is 0 Å². The molecule has 1 fully saturated rings. The number of imidazole rings is 2. The van der Waals surface area contributed by atoms with Crippen LogP contribution in [-0.2, 0) is 24.4 Å². The molecular formula is C36H33N9O2. The molecule has 7 aromatic rings. The molecule has 0 saturated carbocycles. The van der Waals surface area contributed by atoms with Gasteiger partial charge in [-0.1, -0.05) is 53.7 Å². The van der Waals surface area contributed by atoms with Gasteiger partial charge in [0.25, 0.3) is 5.91 Å². The van der Waals surface area contributed by atoms with Gasteiger partial charge in [-0.05, 0) is 52.7 Å². The lowest BCUT2D eigenvalue weighted by Gasteiger charge is -2.26. The second-order valence-electron chi connectivity index (χ2n) is 11.7. The second-order valence-corrected chi connectivity index (χ2v) is 11.7. The average molecular weight is 624 g/mol. The summed E-state index contributed by atoms with van der Waals surface area (Å²) in [7, 11) is 0. The number of H-pyrrole nitrogens is 1. The van der Waals surface area contributed by atoms with E-state index in [1.54, 1.807) is 4.68 Å². The fourth-order valence-corrected chi connectivity index (χ4v) is 5.94. The number of benzene rings is 4. The molecule has 0 atom stereocenters. The molecule has 2 N–H and O–H groups in total. The monoisotopic (exact) mass is 623 g/mol. The van der Waals surface area contributed by atoms with Crippen molar-refractivity contribution in [2.45, 2.75) is 19.6 Å². The minimum atomic E-state index is -0.147. The van der Waals surface area contributed by atoms with Gasteiger partial charge >= 0.3 is 0 Å². The molecule has 4 aromatic carbocycles. The first kappa shape index (κ1) is 28.8. The van der Waals surface area contributed by atoms with Gasteiger partial charge in [0.1, 0.15) is 17.3 Å². The molecule has 47 heavy (non-hydrogen) atoms. The number of ether oxygens (including phenoxy) is 1. The van der Waals surface area contributed by atoms with E-state index in [0.29, 0.717) is 18.7 Å². The fraction of sp³-hybridized carbons (Fsp3) is 0.194. The minimum absolute atomic E-state index is 0.147. The van der Waals surface area contributed by atoms with Gasteiger partial charge in [0, 0.05) is 43.2 Å². The molecule has 1 aliphatic rings. The molecule has 1 amide bonds. The zero-order chi connectivity index (χ0) is 31.6. The van der Waals surface area contributed by atoms with E-state index in [4.69, 9.17) is 9.72 Å². The number of rotatable bonds is 9. The minimum Gasteiger partial charge on any atom is -0.379 e. The SMILES string of the molecule is O=C(NCc1ccc(-n2cc(Cn3ccnc3CN3CCOCC3)nn2)cc1)c1ccc2nc(-c3ccc4ccccc4c3)[nH]c2c1.